The summed E-state index contributed by atoms with van der Waals surface area (Å²) in [6.07, 6.45) is 4.48. The van der Waals surface area contributed by atoms with E-state index < -0.39 is 0 Å². The van der Waals surface area contributed by atoms with Gasteiger partial charge in [0.25, 0.3) is 0 Å². The summed E-state index contributed by atoms with van der Waals surface area (Å²) in [4.78, 5) is 5.32. The maximum absolute atomic E-state index is 5.70. The maximum Gasteiger partial charge on any atom is 0.137 e. The number of rotatable bonds is 6. The van der Waals surface area contributed by atoms with Crippen molar-refractivity contribution >= 4 is 43.2 Å². The zero-order chi connectivity index (χ0) is 14.5. The lowest BCUT2D eigenvalue weighted by Gasteiger charge is -2.15. The molecule has 0 aliphatic rings. The summed E-state index contributed by atoms with van der Waals surface area (Å²) in [6.45, 7) is 2.75. The lowest BCUT2D eigenvalue weighted by atomic mass is 10.1. The molecule has 1 unspecified atom stereocenters. The zero-order valence-electron chi connectivity index (χ0n) is 10.9. The fraction of sp³-hybridized carbons (Fsp3) is 0.308. The van der Waals surface area contributed by atoms with E-state index in [4.69, 9.17) is 10.6 Å². The Hall–Kier alpha value is -0.470. The summed E-state index contributed by atoms with van der Waals surface area (Å²) in [5, 5.41) is 0. The fourth-order valence-corrected chi connectivity index (χ4v) is 3.92. The molecule has 20 heavy (non-hydrogen) atoms. The van der Waals surface area contributed by atoms with Gasteiger partial charge in [0, 0.05) is 15.5 Å². The van der Waals surface area contributed by atoms with Crippen molar-refractivity contribution in [3.05, 3.63) is 43.2 Å². The number of nitrogens with one attached hydrogen (secondary N) is 1. The molecule has 2 heterocycles. The van der Waals surface area contributed by atoms with Crippen molar-refractivity contribution in [1.82, 2.24) is 10.4 Å². The van der Waals surface area contributed by atoms with Gasteiger partial charge in [0.05, 0.1) is 22.6 Å². The van der Waals surface area contributed by atoms with Gasteiger partial charge in [0.2, 0.25) is 0 Å². The Bertz CT molecular complexity index is 557. The minimum absolute atomic E-state index is 0.111. The SMILES string of the molecule is CCCOc1cncc(C(NN)c2cc(Br)c(Br)s2)c1. The second kappa shape index (κ2) is 7.51. The van der Waals surface area contributed by atoms with E-state index >= 15 is 0 Å². The number of nitrogens with zero attached hydrogens (tertiary/aromatic N) is 1. The largest absolute Gasteiger partial charge is 0.492 e. The van der Waals surface area contributed by atoms with E-state index in [1.54, 1.807) is 23.7 Å². The second-order valence-corrected chi connectivity index (χ2v) is 7.43. The average Bonchev–Trinajstić information content (AvgIpc) is 2.77. The number of hydrogen-bond donors (Lipinski definition) is 2. The molecular formula is C13H15Br2N3OS. The summed E-state index contributed by atoms with van der Waals surface area (Å²) >= 11 is 8.61. The first-order valence-electron chi connectivity index (χ1n) is 6.14. The monoisotopic (exact) mass is 419 g/mol. The molecule has 0 saturated carbocycles. The van der Waals surface area contributed by atoms with Crippen LogP contribution in [0.2, 0.25) is 0 Å². The van der Waals surface area contributed by atoms with Gasteiger partial charge in [-0.1, -0.05) is 6.92 Å². The molecule has 0 aromatic carbocycles. The van der Waals surface area contributed by atoms with E-state index in [0.717, 1.165) is 30.9 Å². The van der Waals surface area contributed by atoms with Crippen LogP contribution in [0.3, 0.4) is 0 Å². The van der Waals surface area contributed by atoms with Crippen LogP contribution < -0.4 is 16.0 Å². The topological polar surface area (TPSA) is 60.2 Å². The summed E-state index contributed by atoms with van der Waals surface area (Å²) < 4.78 is 7.67. The molecule has 2 aromatic rings. The van der Waals surface area contributed by atoms with E-state index in [-0.39, 0.29) is 6.04 Å². The molecule has 0 spiro atoms. The minimum Gasteiger partial charge on any atom is -0.492 e. The molecule has 0 fully saturated rings. The molecule has 2 aromatic heterocycles. The Labute approximate surface area is 139 Å². The van der Waals surface area contributed by atoms with Crippen molar-refractivity contribution in [3.8, 4) is 5.75 Å². The van der Waals surface area contributed by atoms with E-state index in [0.29, 0.717) is 6.61 Å². The third-order valence-electron chi connectivity index (χ3n) is 2.66. The van der Waals surface area contributed by atoms with Crippen molar-refractivity contribution in [2.45, 2.75) is 19.4 Å². The zero-order valence-corrected chi connectivity index (χ0v) is 14.9. The first-order chi connectivity index (χ1) is 9.65. The highest BCUT2D eigenvalue weighted by Gasteiger charge is 2.17. The van der Waals surface area contributed by atoms with Gasteiger partial charge in [-0.05, 0) is 56.0 Å². The quantitative estimate of drug-likeness (QED) is 0.547. The van der Waals surface area contributed by atoms with Crippen LogP contribution >= 0.6 is 43.2 Å². The number of hydrogen-bond acceptors (Lipinski definition) is 5. The minimum atomic E-state index is -0.111. The van der Waals surface area contributed by atoms with Crippen LogP contribution in [0.5, 0.6) is 5.75 Å². The van der Waals surface area contributed by atoms with Gasteiger partial charge in [0.1, 0.15) is 5.75 Å². The predicted molar refractivity (Wildman–Crippen MR) is 88.9 cm³/mol. The summed E-state index contributed by atoms with van der Waals surface area (Å²) in [7, 11) is 0. The van der Waals surface area contributed by atoms with Crippen LogP contribution in [0.15, 0.2) is 32.8 Å². The van der Waals surface area contributed by atoms with Crippen LogP contribution in [0.4, 0.5) is 0 Å². The third-order valence-corrected chi connectivity index (χ3v) is 5.98. The standard InChI is InChI=1S/C13H15Br2N3OS/c1-2-3-19-9-4-8(6-17-7-9)12(18-16)11-5-10(14)13(15)20-11/h4-7,12,18H,2-3,16H2,1H3. The van der Waals surface area contributed by atoms with Crippen molar-refractivity contribution in [3.63, 3.8) is 0 Å². The number of nitrogens with two attached hydrogens (primary N) is 1. The van der Waals surface area contributed by atoms with E-state index in [1.807, 2.05) is 12.1 Å². The molecule has 108 valence electrons. The lowest BCUT2D eigenvalue weighted by molar-refractivity contribution is 0.315. The van der Waals surface area contributed by atoms with Crippen LogP contribution in [-0.2, 0) is 0 Å². The van der Waals surface area contributed by atoms with Gasteiger partial charge in [0.15, 0.2) is 0 Å². The number of aromatic nitrogens is 1. The third kappa shape index (κ3) is 3.79. The lowest BCUT2D eigenvalue weighted by Crippen LogP contribution is -2.28. The van der Waals surface area contributed by atoms with Gasteiger partial charge >= 0.3 is 0 Å². The van der Waals surface area contributed by atoms with Gasteiger partial charge in [-0.2, -0.15) is 0 Å². The Morgan fingerprint density at radius 2 is 2.20 bits per heavy atom. The Morgan fingerprint density at radius 1 is 1.40 bits per heavy atom. The number of ether oxygens (including phenoxy) is 1. The average molecular weight is 421 g/mol. The molecule has 0 bridgehead atoms. The molecule has 0 radical (unpaired) electrons. The number of thiophene rings is 1. The highest BCUT2D eigenvalue weighted by atomic mass is 79.9. The van der Waals surface area contributed by atoms with Crippen molar-refractivity contribution in [2.75, 3.05) is 6.61 Å². The molecule has 4 nitrogen and oxygen atoms in total. The van der Waals surface area contributed by atoms with Crippen LogP contribution in [0.25, 0.3) is 0 Å². The van der Waals surface area contributed by atoms with Gasteiger partial charge in [-0.25, -0.2) is 5.43 Å². The van der Waals surface area contributed by atoms with E-state index in [1.165, 1.54) is 0 Å². The van der Waals surface area contributed by atoms with Crippen LogP contribution in [0, 0.1) is 0 Å². The summed E-state index contributed by atoms with van der Waals surface area (Å²) in [6, 6.07) is 3.90. The van der Waals surface area contributed by atoms with E-state index in [9.17, 15) is 0 Å². The summed E-state index contributed by atoms with van der Waals surface area (Å²) in [5.74, 6) is 6.47. The number of halogens is 2. The van der Waals surface area contributed by atoms with Gasteiger partial charge < -0.3 is 4.74 Å². The van der Waals surface area contributed by atoms with Crippen molar-refractivity contribution < 1.29 is 4.74 Å². The Balaban J connectivity index is 2.27. The molecule has 0 aliphatic carbocycles. The molecule has 0 saturated heterocycles. The molecule has 0 amide bonds. The highest BCUT2D eigenvalue weighted by molar-refractivity contribution is 9.13. The van der Waals surface area contributed by atoms with E-state index in [2.05, 4.69) is 49.2 Å². The molecule has 0 aliphatic heterocycles. The predicted octanol–water partition coefficient (Wildman–Crippen LogP) is 4.01. The van der Waals surface area contributed by atoms with Crippen LogP contribution in [0.1, 0.15) is 29.8 Å². The summed E-state index contributed by atoms with van der Waals surface area (Å²) in [5.41, 5.74) is 3.81. The smallest absolute Gasteiger partial charge is 0.137 e. The molecular weight excluding hydrogens is 406 g/mol. The molecule has 2 rings (SSSR count). The normalized spacial score (nSPS) is 12.4. The van der Waals surface area contributed by atoms with Gasteiger partial charge in [-0.3, -0.25) is 10.8 Å². The van der Waals surface area contributed by atoms with Gasteiger partial charge in [-0.15, -0.1) is 11.3 Å². The first kappa shape index (κ1) is 15.9. The molecule has 1 atom stereocenters. The second-order valence-electron chi connectivity index (χ2n) is 4.17. The van der Waals surface area contributed by atoms with Crippen LogP contribution in [-0.4, -0.2) is 11.6 Å². The number of hydrazine groups is 1. The van der Waals surface area contributed by atoms with Crippen molar-refractivity contribution in [2.24, 2.45) is 5.84 Å². The Morgan fingerprint density at radius 3 is 2.80 bits per heavy atom. The fourth-order valence-electron chi connectivity index (χ4n) is 1.74. The maximum atomic E-state index is 5.70. The van der Waals surface area contributed by atoms with Crippen molar-refractivity contribution in [1.29, 1.82) is 0 Å². The Kier molecular flexibility index (Phi) is 5.98. The molecule has 3 N–H and O–H groups in total. The molecule has 7 heteroatoms. The first-order valence-corrected chi connectivity index (χ1v) is 8.54. The number of pyridine rings is 1. The highest BCUT2D eigenvalue weighted by Crippen LogP contribution is 2.37.